The van der Waals surface area contributed by atoms with E-state index in [0.29, 0.717) is 25.9 Å². The predicted molar refractivity (Wildman–Crippen MR) is 112 cm³/mol. The fraction of sp³-hybridized carbons (Fsp3) is 0.600. The number of likely N-dealkylation sites (tertiary alicyclic amines) is 1. The number of sulfonamides is 1. The molecule has 0 aliphatic carbocycles. The fourth-order valence-corrected chi connectivity index (χ4v) is 4.13. The van der Waals surface area contributed by atoms with Gasteiger partial charge in [0.25, 0.3) is 0 Å². The third kappa shape index (κ3) is 9.46. The number of halogens is 3. The summed E-state index contributed by atoms with van der Waals surface area (Å²) in [6, 6.07) is 3.62. The van der Waals surface area contributed by atoms with Crippen molar-refractivity contribution in [2.75, 3.05) is 19.6 Å². The van der Waals surface area contributed by atoms with Gasteiger partial charge in [0.1, 0.15) is 11.4 Å². The fourth-order valence-electron chi connectivity index (χ4n) is 3.10. The van der Waals surface area contributed by atoms with Crippen molar-refractivity contribution in [2.24, 2.45) is 0 Å². The van der Waals surface area contributed by atoms with Gasteiger partial charge in [0.15, 0.2) is 0 Å². The number of piperidine rings is 1. The van der Waals surface area contributed by atoms with E-state index in [1.165, 1.54) is 0 Å². The SMILES string of the molecule is CC(C)(C)OC(=O)NC1CCN(C(=O)CCNS(=O)(=O)c2ccc(OC(F)(F)F)cc2)CC1. The molecule has 0 aromatic heterocycles. The van der Waals surface area contributed by atoms with Crippen LogP contribution in [0.15, 0.2) is 29.2 Å². The molecule has 0 radical (unpaired) electrons. The van der Waals surface area contributed by atoms with E-state index in [1.807, 2.05) is 0 Å². The summed E-state index contributed by atoms with van der Waals surface area (Å²) < 4.78 is 72.3. The number of carbonyl (C=O) groups excluding carboxylic acids is 2. The molecule has 2 amide bonds. The summed E-state index contributed by atoms with van der Waals surface area (Å²) in [5.74, 6) is -0.788. The van der Waals surface area contributed by atoms with Crippen LogP contribution in [0.1, 0.15) is 40.0 Å². The van der Waals surface area contributed by atoms with Gasteiger partial charge < -0.3 is 19.7 Å². The van der Waals surface area contributed by atoms with Crippen LogP contribution in [0.5, 0.6) is 5.75 Å². The van der Waals surface area contributed by atoms with Crippen LogP contribution >= 0.6 is 0 Å². The topological polar surface area (TPSA) is 114 Å². The lowest BCUT2D eigenvalue weighted by atomic mass is 10.0. The first kappa shape index (κ1) is 26.7. The van der Waals surface area contributed by atoms with Crippen LogP contribution in [-0.2, 0) is 19.6 Å². The summed E-state index contributed by atoms with van der Waals surface area (Å²) in [6.07, 6.45) is -4.39. The molecule has 2 N–H and O–H groups in total. The number of nitrogens with one attached hydrogen (secondary N) is 2. The Morgan fingerprint density at radius 3 is 2.18 bits per heavy atom. The molecule has 0 bridgehead atoms. The van der Waals surface area contributed by atoms with Gasteiger partial charge in [-0.1, -0.05) is 0 Å². The maximum Gasteiger partial charge on any atom is 0.573 e. The molecule has 1 heterocycles. The van der Waals surface area contributed by atoms with Crippen molar-refractivity contribution in [1.82, 2.24) is 14.9 Å². The first-order valence-corrected chi connectivity index (χ1v) is 11.8. The first-order chi connectivity index (χ1) is 15.1. The molecule has 0 saturated carbocycles. The Balaban J connectivity index is 1.76. The van der Waals surface area contributed by atoms with Crippen molar-refractivity contribution in [3.63, 3.8) is 0 Å². The summed E-state index contributed by atoms with van der Waals surface area (Å²) in [4.78, 5) is 25.5. The van der Waals surface area contributed by atoms with E-state index in [9.17, 15) is 31.2 Å². The molecule has 9 nitrogen and oxygen atoms in total. The zero-order valence-electron chi connectivity index (χ0n) is 18.6. The van der Waals surface area contributed by atoms with E-state index in [0.717, 1.165) is 24.3 Å². The number of nitrogens with zero attached hydrogens (tertiary/aromatic N) is 1. The number of benzene rings is 1. The van der Waals surface area contributed by atoms with E-state index in [1.54, 1.807) is 25.7 Å². The van der Waals surface area contributed by atoms with Crippen LogP contribution < -0.4 is 14.8 Å². The Morgan fingerprint density at radius 1 is 1.09 bits per heavy atom. The second kappa shape index (κ2) is 10.6. The van der Waals surface area contributed by atoms with Crippen molar-refractivity contribution in [2.45, 2.75) is 62.9 Å². The number of rotatable bonds is 7. The second-order valence-corrected chi connectivity index (χ2v) is 10.2. The molecule has 13 heteroatoms. The van der Waals surface area contributed by atoms with Crippen LogP contribution in [0, 0.1) is 0 Å². The van der Waals surface area contributed by atoms with E-state index in [4.69, 9.17) is 4.74 Å². The maximum atomic E-state index is 12.4. The quantitative estimate of drug-likeness (QED) is 0.601. The van der Waals surface area contributed by atoms with Gasteiger partial charge in [-0.2, -0.15) is 0 Å². The maximum absolute atomic E-state index is 12.4. The monoisotopic (exact) mass is 495 g/mol. The molecule has 1 aromatic rings. The van der Waals surface area contributed by atoms with E-state index in [2.05, 4.69) is 14.8 Å². The molecule has 0 atom stereocenters. The summed E-state index contributed by atoms with van der Waals surface area (Å²) >= 11 is 0. The highest BCUT2D eigenvalue weighted by molar-refractivity contribution is 7.89. The van der Waals surface area contributed by atoms with Gasteiger partial charge in [-0.3, -0.25) is 4.79 Å². The lowest BCUT2D eigenvalue weighted by Gasteiger charge is -2.33. The molecule has 0 unspecified atom stereocenters. The number of alkyl carbamates (subject to hydrolysis) is 1. The molecule has 2 rings (SSSR count). The molecule has 1 aromatic carbocycles. The number of ether oxygens (including phenoxy) is 2. The lowest BCUT2D eigenvalue weighted by Crippen LogP contribution is -2.48. The van der Waals surface area contributed by atoms with Gasteiger partial charge in [0.05, 0.1) is 4.90 Å². The highest BCUT2D eigenvalue weighted by atomic mass is 32.2. The van der Waals surface area contributed by atoms with Crippen LogP contribution in [0.2, 0.25) is 0 Å². The lowest BCUT2D eigenvalue weighted by molar-refractivity contribution is -0.274. The summed E-state index contributed by atoms with van der Waals surface area (Å²) in [6.45, 7) is 5.94. The smallest absolute Gasteiger partial charge is 0.444 e. The van der Waals surface area contributed by atoms with Crippen LogP contribution in [0.25, 0.3) is 0 Å². The second-order valence-electron chi connectivity index (χ2n) is 8.47. The van der Waals surface area contributed by atoms with Crippen LogP contribution in [-0.4, -0.2) is 63.0 Å². The molecule has 0 spiro atoms. The number of amides is 2. The molecule has 186 valence electrons. The van der Waals surface area contributed by atoms with Crippen molar-refractivity contribution in [3.8, 4) is 5.75 Å². The average molecular weight is 496 g/mol. The molecule has 1 aliphatic heterocycles. The minimum absolute atomic E-state index is 0.0847. The largest absolute Gasteiger partial charge is 0.573 e. The van der Waals surface area contributed by atoms with Gasteiger partial charge in [0, 0.05) is 32.1 Å². The Morgan fingerprint density at radius 2 is 1.67 bits per heavy atom. The van der Waals surface area contributed by atoms with E-state index in [-0.39, 0.29) is 29.8 Å². The normalized spacial score (nSPS) is 15.8. The standard InChI is InChI=1S/C20H28F3N3O6S/c1-19(2,3)32-18(28)25-14-9-12-26(13-10-14)17(27)8-11-24-33(29,30)16-6-4-15(5-7-16)31-20(21,22)23/h4-7,14,24H,8-13H2,1-3H3,(H,25,28). The van der Waals surface area contributed by atoms with Crippen molar-refractivity contribution in [3.05, 3.63) is 24.3 Å². The van der Waals surface area contributed by atoms with Gasteiger partial charge in [0.2, 0.25) is 15.9 Å². The number of hydrogen-bond donors (Lipinski definition) is 2. The van der Waals surface area contributed by atoms with Crippen molar-refractivity contribution >= 4 is 22.0 Å². The third-order valence-corrected chi connectivity index (χ3v) is 6.04. The summed E-state index contributed by atoms with van der Waals surface area (Å²) in [5, 5.41) is 2.77. The van der Waals surface area contributed by atoms with Gasteiger partial charge in [-0.05, 0) is 57.9 Å². The zero-order chi connectivity index (χ0) is 24.9. The van der Waals surface area contributed by atoms with Gasteiger partial charge in [-0.25, -0.2) is 17.9 Å². The molecule has 1 aliphatic rings. The summed E-state index contributed by atoms with van der Waals surface area (Å²) in [7, 11) is -4.00. The Bertz CT molecular complexity index is 922. The number of hydrogen-bond acceptors (Lipinski definition) is 6. The van der Waals surface area contributed by atoms with Crippen LogP contribution in [0.3, 0.4) is 0 Å². The van der Waals surface area contributed by atoms with Crippen LogP contribution in [0.4, 0.5) is 18.0 Å². The highest BCUT2D eigenvalue weighted by Gasteiger charge is 2.31. The van der Waals surface area contributed by atoms with E-state index < -0.39 is 33.8 Å². The Kier molecular flexibility index (Phi) is 8.57. The van der Waals surface area contributed by atoms with Crippen molar-refractivity contribution in [1.29, 1.82) is 0 Å². The number of alkyl halides is 3. The van der Waals surface area contributed by atoms with E-state index >= 15 is 0 Å². The molecule has 1 fully saturated rings. The Hall–Kier alpha value is -2.54. The minimum atomic E-state index is -4.88. The average Bonchev–Trinajstić information content (AvgIpc) is 2.66. The zero-order valence-corrected chi connectivity index (χ0v) is 19.4. The third-order valence-electron chi connectivity index (χ3n) is 4.57. The number of carbonyl (C=O) groups is 2. The van der Waals surface area contributed by atoms with Gasteiger partial charge in [-0.15, -0.1) is 13.2 Å². The Labute approximate surface area is 190 Å². The molecule has 1 saturated heterocycles. The molecule has 33 heavy (non-hydrogen) atoms. The molecular weight excluding hydrogens is 467 g/mol. The summed E-state index contributed by atoms with van der Waals surface area (Å²) in [5.41, 5.74) is -0.604. The molecular formula is C20H28F3N3O6S. The van der Waals surface area contributed by atoms with Crippen molar-refractivity contribution < 1.29 is 40.7 Å². The predicted octanol–water partition coefficient (Wildman–Crippen LogP) is 2.77. The first-order valence-electron chi connectivity index (χ1n) is 10.3. The van der Waals surface area contributed by atoms with Gasteiger partial charge >= 0.3 is 12.5 Å². The minimum Gasteiger partial charge on any atom is -0.444 e. The highest BCUT2D eigenvalue weighted by Crippen LogP contribution is 2.24.